The molecule has 0 rings (SSSR count). The van der Waals surface area contributed by atoms with Gasteiger partial charge in [-0.25, -0.2) is 0 Å². The zero-order valence-corrected chi connectivity index (χ0v) is 6.93. The lowest BCUT2D eigenvalue weighted by Crippen LogP contribution is -1.77. The van der Waals surface area contributed by atoms with Crippen LogP contribution >= 0.6 is 0 Å². The minimum atomic E-state index is 0.975. The van der Waals surface area contributed by atoms with Crippen LogP contribution in [0.1, 0.15) is 33.1 Å². The Balaban J connectivity index is 3.47. The monoisotopic (exact) mass is 139 g/mol. The van der Waals surface area contributed by atoms with Gasteiger partial charge in [-0.15, -0.1) is 0 Å². The van der Waals surface area contributed by atoms with Gasteiger partial charge in [0, 0.05) is 0 Å². The van der Waals surface area contributed by atoms with Crippen LogP contribution in [0.25, 0.3) is 0 Å². The molecule has 0 aromatic heterocycles. The van der Waals surface area contributed by atoms with Crippen LogP contribution in [0, 0.1) is 0 Å². The second-order valence-electron chi connectivity index (χ2n) is 2.46. The fourth-order valence-corrected chi connectivity index (χ4v) is 0.844. The summed E-state index contributed by atoms with van der Waals surface area (Å²) in [6.45, 7) is 4.35. The van der Waals surface area contributed by atoms with E-state index in [1.54, 1.807) is 6.20 Å². The van der Waals surface area contributed by atoms with E-state index in [0.717, 1.165) is 6.42 Å². The normalized spacial score (nSPS) is 12.8. The first kappa shape index (κ1) is 9.28. The summed E-state index contributed by atoms with van der Waals surface area (Å²) in [6.07, 6.45) is 9.18. The maximum absolute atomic E-state index is 5.18. The summed E-state index contributed by atoms with van der Waals surface area (Å²) < 4.78 is 0. The molecule has 0 unspecified atom stereocenters. The molecule has 0 saturated heterocycles. The molecule has 0 spiro atoms. The first-order chi connectivity index (χ1) is 4.81. The van der Waals surface area contributed by atoms with Crippen molar-refractivity contribution in [1.29, 1.82) is 0 Å². The summed E-state index contributed by atoms with van der Waals surface area (Å²) in [5.74, 6) is 0. The summed E-state index contributed by atoms with van der Waals surface area (Å²) in [5, 5.41) is 0. The molecule has 0 aliphatic rings. The number of hydrogen-bond donors (Lipinski definition) is 1. The van der Waals surface area contributed by atoms with Gasteiger partial charge >= 0.3 is 0 Å². The fourth-order valence-electron chi connectivity index (χ4n) is 0.844. The summed E-state index contributed by atoms with van der Waals surface area (Å²) in [5.41, 5.74) is 6.64. The smallest absolute Gasteiger partial charge is 0.00999 e. The Hall–Kier alpha value is -0.720. The van der Waals surface area contributed by atoms with Gasteiger partial charge in [0.2, 0.25) is 0 Å². The molecule has 0 aliphatic heterocycles. The largest absolute Gasteiger partial charge is 0.405 e. The highest BCUT2D eigenvalue weighted by Crippen LogP contribution is 2.03. The average molecular weight is 139 g/mol. The topological polar surface area (TPSA) is 26.0 Å². The van der Waals surface area contributed by atoms with Crippen LogP contribution in [0.2, 0.25) is 0 Å². The highest BCUT2D eigenvalue weighted by molar-refractivity contribution is 5.01. The van der Waals surface area contributed by atoms with Crippen molar-refractivity contribution in [1.82, 2.24) is 0 Å². The minimum Gasteiger partial charge on any atom is -0.405 e. The van der Waals surface area contributed by atoms with E-state index in [2.05, 4.69) is 19.9 Å². The van der Waals surface area contributed by atoms with Gasteiger partial charge < -0.3 is 5.73 Å². The zero-order chi connectivity index (χ0) is 7.82. The Morgan fingerprint density at radius 3 is 2.70 bits per heavy atom. The second-order valence-corrected chi connectivity index (χ2v) is 2.46. The van der Waals surface area contributed by atoms with Crippen molar-refractivity contribution in [2.45, 2.75) is 33.1 Å². The predicted molar refractivity (Wildman–Crippen MR) is 46.6 cm³/mol. The Bertz CT molecular complexity index is 123. The third-order valence-electron chi connectivity index (χ3n) is 1.38. The molecule has 0 aromatic rings. The van der Waals surface area contributed by atoms with Crippen LogP contribution in [0.3, 0.4) is 0 Å². The van der Waals surface area contributed by atoms with E-state index in [9.17, 15) is 0 Å². The first-order valence-electron chi connectivity index (χ1n) is 3.83. The van der Waals surface area contributed by atoms with E-state index in [1.807, 2.05) is 6.08 Å². The molecule has 2 N–H and O–H groups in total. The molecule has 0 saturated carbocycles. The van der Waals surface area contributed by atoms with Crippen LogP contribution in [0.15, 0.2) is 23.9 Å². The maximum atomic E-state index is 5.18. The van der Waals surface area contributed by atoms with E-state index in [1.165, 1.54) is 18.4 Å². The Morgan fingerprint density at radius 2 is 2.20 bits per heavy atom. The molecule has 0 aromatic carbocycles. The quantitative estimate of drug-likeness (QED) is 0.595. The molecule has 0 aliphatic carbocycles. The second kappa shape index (κ2) is 6.40. The number of allylic oxidation sites excluding steroid dienone is 3. The molecule has 1 nitrogen and oxygen atoms in total. The third-order valence-corrected chi connectivity index (χ3v) is 1.38. The Morgan fingerprint density at radius 1 is 1.50 bits per heavy atom. The maximum Gasteiger partial charge on any atom is -0.00999 e. The van der Waals surface area contributed by atoms with Gasteiger partial charge in [0.05, 0.1) is 0 Å². The SMILES string of the molecule is CCC/C(C)=C/C/C=C/N. The summed E-state index contributed by atoms with van der Waals surface area (Å²) >= 11 is 0. The van der Waals surface area contributed by atoms with Crippen LogP contribution in [-0.4, -0.2) is 0 Å². The predicted octanol–water partition coefficient (Wildman–Crippen LogP) is 2.60. The lowest BCUT2D eigenvalue weighted by Gasteiger charge is -1.94. The van der Waals surface area contributed by atoms with E-state index < -0.39 is 0 Å². The molecule has 58 valence electrons. The average Bonchev–Trinajstić information content (AvgIpc) is 1.89. The number of hydrogen-bond acceptors (Lipinski definition) is 1. The summed E-state index contributed by atoms with van der Waals surface area (Å²) in [7, 11) is 0. The van der Waals surface area contributed by atoms with Gasteiger partial charge in [-0.1, -0.05) is 31.1 Å². The summed E-state index contributed by atoms with van der Waals surface area (Å²) in [6, 6.07) is 0. The molecule has 0 radical (unpaired) electrons. The van der Waals surface area contributed by atoms with Crippen molar-refractivity contribution in [3.63, 3.8) is 0 Å². The van der Waals surface area contributed by atoms with Crippen molar-refractivity contribution in [2.75, 3.05) is 0 Å². The van der Waals surface area contributed by atoms with Crippen molar-refractivity contribution in [2.24, 2.45) is 5.73 Å². The molecule has 1 heteroatoms. The van der Waals surface area contributed by atoms with Crippen LogP contribution in [0.4, 0.5) is 0 Å². The standard InChI is InChI=1S/C9H17N/c1-3-6-9(2)7-4-5-8-10/h5,7-8H,3-4,6,10H2,1-2H3/b8-5+,9-7+. The van der Waals surface area contributed by atoms with Crippen molar-refractivity contribution >= 4 is 0 Å². The summed E-state index contributed by atoms with van der Waals surface area (Å²) in [4.78, 5) is 0. The van der Waals surface area contributed by atoms with Gasteiger partial charge in [0.1, 0.15) is 0 Å². The Labute approximate surface area is 63.6 Å². The Kier molecular flexibility index (Phi) is 5.94. The van der Waals surface area contributed by atoms with Gasteiger partial charge in [-0.05, 0) is 26.0 Å². The lowest BCUT2D eigenvalue weighted by molar-refractivity contribution is 0.899. The third kappa shape index (κ3) is 5.42. The van der Waals surface area contributed by atoms with Gasteiger partial charge in [0.15, 0.2) is 0 Å². The minimum absolute atomic E-state index is 0.975. The lowest BCUT2D eigenvalue weighted by atomic mass is 10.1. The van der Waals surface area contributed by atoms with Gasteiger partial charge in [-0.3, -0.25) is 0 Å². The van der Waals surface area contributed by atoms with Crippen molar-refractivity contribution < 1.29 is 0 Å². The van der Waals surface area contributed by atoms with E-state index in [-0.39, 0.29) is 0 Å². The van der Waals surface area contributed by atoms with Crippen molar-refractivity contribution in [3.05, 3.63) is 23.9 Å². The van der Waals surface area contributed by atoms with Crippen molar-refractivity contribution in [3.8, 4) is 0 Å². The number of nitrogens with two attached hydrogens (primary N) is 1. The molecule has 0 atom stereocenters. The zero-order valence-electron chi connectivity index (χ0n) is 6.93. The van der Waals surface area contributed by atoms with Crippen LogP contribution in [0.5, 0.6) is 0 Å². The molecule has 10 heavy (non-hydrogen) atoms. The molecule has 0 heterocycles. The van der Waals surface area contributed by atoms with Gasteiger partial charge in [0.25, 0.3) is 0 Å². The molecule has 0 fully saturated rings. The molecule has 0 bridgehead atoms. The van der Waals surface area contributed by atoms with Crippen LogP contribution in [-0.2, 0) is 0 Å². The highest BCUT2D eigenvalue weighted by atomic mass is 14.5. The van der Waals surface area contributed by atoms with Crippen LogP contribution < -0.4 is 5.73 Å². The highest BCUT2D eigenvalue weighted by Gasteiger charge is 1.83. The van der Waals surface area contributed by atoms with E-state index in [0.29, 0.717) is 0 Å². The first-order valence-corrected chi connectivity index (χ1v) is 3.83. The number of rotatable bonds is 4. The molecule has 0 amide bonds. The molecular weight excluding hydrogens is 122 g/mol. The molecular formula is C9H17N. The van der Waals surface area contributed by atoms with Gasteiger partial charge in [-0.2, -0.15) is 0 Å². The van der Waals surface area contributed by atoms with E-state index >= 15 is 0 Å². The van der Waals surface area contributed by atoms with E-state index in [4.69, 9.17) is 5.73 Å². The fraction of sp³-hybridized carbons (Fsp3) is 0.556.